The molecule has 82 valence electrons. The summed E-state index contributed by atoms with van der Waals surface area (Å²) in [5.41, 5.74) is 2.06. The highest BCUT2D eigenvalue weighted by Gasteiger charge is 2.11. The number of aromatic nitrogens is 1. The summed E-state index contributed by atoms with van der Waals surface area (Å²) in [4.78, 5) is 3.87. The summed E-state index contributed by atoms with van der Waals surface area (Å²) in [6.45, 7) is 1.80. The summed E-state index contributed by atoms with van der Waals surface area (Å²) in [6.07, 6.45) is 2.40. The van der Waals surface area contributed by atoms with Gasteiger partial charge < -0.3 is 5.11 Å². The number of hydrogen-bond donors (Lipinski definition) is 1. The molecule has 2 aromatic rings. The summed E-state index contributed by atoms with van der Waals surface area (Å²) in [5, 5.41) is 10.0. The van der Waals surface area contributed by atoms with Crippen molar-refractivity contribution in [2.24, 2.45) is 0 Å². The van der Waals surface area contributed by atoms with Crippen LogP contribution in [0.3, 0.4) is 0 Å². The Hall–Kier alpha value is -1.74. The Morgan fingerprint density at radius 1 is 1.12 bits per heavy atom. The molecule has 1 heterocycles. The zero-order valence-corrected chi connectivity index (χ0v) is 8.89. The van der Waals surface area contributed by atoms with Crippen molar-refractivity contribution >= 4 is 0 Å². The molecule has 1 N–H and O–H groups in total. The van der Waals surface area contributed by atoms with E-state index in [0.29, 0.717) is 11.1 Å². The van der Waals surface area contributed by atoms with Crippen molar-refractivity contribution in [3.63, 3.8) is 0 Å². The summed E-state index contributed by atoms with van der Waals surface area (Å²) in [5.74, 6) is -0.330. The van der Waals surface area contributed by atoms with E-state index in [-0.39, 0.29) is 5.82 Å². The average molecular weight is 217 g/mol. The molecule has 1 unspecified atom stereocenters. The van der Waals surface area contributed by atoms with Crippen LogP contribution in [0.2, 0.25) is 0 Å². The molecule has 0 radical (unpaired) electrons. The van der Waals surface area contributed by atoms with Crippen LogP contribution in [0, 0.1) is 12.7 Å². The Bertz CT molecular complexity index is 464. The number of rotatable bonds is 2. The smallest absolute Gasteiger partial charge is 0.123 e. The number of nitrogens with zero attached hydrogens (tertiary/aromatic N) is 1. The highest BCUT2D eigenvalue weighted by atomic mass is 19.1. The van der Waals surface area contributed by atoms with Gasteiger partial charge in [-0.3, -0.25) is 4.98 Å². The molecule has 0 bridgehead atoms. The monoisotopic (exact) mass is 217 g/mol. The fourth-order valence-electron chi connectivity index (χ4n) is 1.66. The van der Waals surface area contributed by atoms with Crippen LogP contribution in [-0.4, -0.2) is 10.1 Å². The second kappa shape index (κ2) is 4.41. The molecule has 16 heavy (non-hydrogen) atoms. The number of aliphatic hydroxyl groups is 1. The van der Waals surface area contributed by atoms with Gasteiger partial charge in [0.1, 0.15) is 11.9 Å². The van der Waals surface area contributed by atoms with E-state index in [2.05, 4.69) is 4.98 Å². The van der Waals surface area contributed by atoms with E-state index in [1.54, 1.807) is 37.5 Å². The second-order valence-electron chi connectivity index (χ2n) is 3.74. The van der Waals surface area contributed by atoms with Gasteiger partial charge in [-0.15, -0.1) is 0 Å². The van der Waals surface area contributed by atoms with E-state index in [4.69, 9.17) is 0 Å². The number of hydrogen-bond acceptors (Lipinski definition) is 2. The Morgan fingerprint density at radius 3 is 2.44 bits per heavy atom. The van der Waals surface area contributed by atoms with Crippen LogP contribution in [0.15, 0.2) is 42.7 Å². The lowest BCUT2D eigenvalue weighted by Crippen LogP contribution is -2.00. The molecule has 1 atom stereocenters. The van der Waals surface area contributed by atoms with E-state index < -0.39 is 6.10 Å². The maximum atomic E-state index is 13.2. The van der Waals surface area contributed by atoms with Gasteiger partial charge in [0.05, 0.1) is 0 Å². The van der Waals surface area contributed by atoms with E-state index in [9.17, 15) is 9.50 Å². The maximum absolute atomic E-state index is 13.2. The molecule has 1 aromatic heterocycles. The fraction of sp³-hybridized carbons (Fsp3) is 0.154. The van der Waals surface area contributed by atoms with Gasteiger partial charge in [0, 0.05) is 12.4 Å². The van der Waals surface area contributed by atoms with Crippen LogP contribution < -0.4 is 0 Å². The van der Waals surface area contributed by atoms with Gasteiger partial charge in [0.25, 0.3) is 0 Å². The number of pyridine rings is 1. The first-order chi connectivity index (χ1) is 7.66. The molecule has 0 aliphatic rings. The Morgan fingerprint density at radius 2 is 1.81 bits per heavy atom. The van der Waals surface area contributed by atoms with Gasteiger partial charge in [-0.05, 0) is 47.9 Å². The van der Waals surface area contributed by atoms with E-state index in [1.165, 1.54) is 12.1 Å². The van der Waals surface area contributed by atoms with E-state index in [0.717, 1.165) is 5.56 Å². The zero-order chi connectivity index (χ0) is 11.5. The van der Waals surface area contributed by atoms with Crippen molar-refractivity contribution in [3.05, 3.63) is 65.2 Å². The SMILES string of the molecule is Cc1cc(F)cc(C(O)c2ccncc2)c1. The lowest BCUT2D eigenvalue weighted by Gasteiger charge is -2.11. The van der Waals surface area contributed by atoms with Crippen LogP contribution in [0.4, 0.5) is 4.39 Å². The minimum Gasteiger partial charge on any atom is -0.384 e. The van der Waals surface area contributed by atoms with Crippen molar-refractivity contribution in [1.82, 2.24) is 4.98 Å². The van der Waals surface area contributed by atoms with Crippen molar-refractivity contribution in [1.29, 1.82) is 0 Å². The van der Waals surface area contributed by atoms with Crippen molar-refractivity contribution in [3.8, 4) is 0 Å². The van der Waals surface area contributed by atoms with E-state index in [1.807, 2.05) is 0 Å². The largest absolute Gasteiger partial charge is 0.384 e. The van der Waals surface area contributed by atoms with Crippen LogP contribution in [0.5, 0.6) is 0 Å². The molecule has 0 saturated carbocycles. The molecule has 2 rings (SSSR count). The Labute approximate surface area is 93.4 Å². The first kappa shape index (κ1) is 10.8. The van der Waals surface area contributed by atoms with Crippen LogP contribution in [-0.2, 0) is 0 Å². The molecule has 0 spiro atoms. The zero-order valence-electron chi connectivity index (χ0n) is 8.89. The lowest BCUT2D eigenvalue weighted by atomic mass is 10.0. The molecular formula is C13H12FNO. The summed E-state index contributed by atoms with van der Waals surface area (Å²) in [7, 11) is 0. The van der Waals surface area contributed by atoms with Crippen LogP contribution >= 0.6 is 0 Å². The maximum Gasteiger partial charge on any atom is 0.123 e. The molecule has 0 aliphatic heterocycles. The topological polar surface area (TPSA) is 33.1 Å². The Balaban J connectivity index is 2.37. The first-order valence-electron chi connectivity index (χ1n) is 5.02. The van der Waals surface area contributed by atoms with Crippen molar-refractivity contribution in [2.45, 2.75) is 13.0 Å². The third-order valence-electron chi connectivity index (χ3n) is 2.40. The number of aryl methyl sites for hydroxylation is 1. The highest BCUT2D eigenvalue weighted by molar-refractivity contribution is 5.31. The number of benzene rings is 1. The third kappa shape index (κ3) is 2.25. The van der Waals surface area contributed by atoms with Crippen LogP contribution in [0.1, 0.15) is 22.8 Å². The summed E-state index contributed by atoms with van der Waals surface area (Å²) < 4.78 is 13.2. The minimum atomic E-state index is -0.808. The molecule has 2 nitrogen and oxygen atoms in total. The van der Waals surface area contributed by atoms with Crippen molar-refractivity contribution < 1.29 is 9.50 Å². The fourth-order valence-corrected chi connectivity index (χ4v) is 1.66. The molecular weight excluding hydrogens is 205 g/mol. The predicted molar refractivity (Wildman–Crippen MR) is 59.4 cm³/mol. The first-order valence-corrected chi connectivity index (χ1v) is 5.02. The van der Waals surface area contributed by atoms with Crippen LogP contribution in [0.25, 0.3) is 0 Å². The van der Waals surface area contributed by atoms with Gasteiger partial charge in [-0.1, -0.05) is 6.07 Å². The summed E-state index contributed by atoms with van der Waals surface area (Å²) in [6, 6.07) is 7.98. The third-order valence-corrected chi connectivity index (χ3v) is 2.40. The minimum absolute atomic E-state index is 0.330. The van der Waals surface area contributed by atoms with Gasteiger partial charge in [0.2, 0.25) is 0 Å². The normalized spacial score (nSPS) is 12.4. The molecule has 0 aliphatic carbocycles. The highest BCUT2D eigenvalue weighted by Crippen LogP contribution is 2.22. The predicted octanol–water partition coefficient (Wildman–Crippen LogP) is 2.61. The quantitative estimate of drug-likeness (QED) is 0.838. The Kier molecular flexibility index (Phi) is 2.97. The molecule has 3 heteroatoms. The molecule has 1 aromatic carbocycles. The van der Waals surface area contributed by atoms with Gasteiger partial charge in [-0.2, -0.15) is 0 Å². The molecule has 0 saturated heterocycles. The average Bonchev–Trinajstić information content (AvgIpc) is 2.28. The lowest BCUT2D eigenvalue weighted by molar-refractivity contribution is 0.219. The van der Waals surface area contributed by atoms with Crippen molar-refractivity contribution in [2.75, 3.05) is 0 Å². The van der Waals surface area contributed by atoms with Gasteiger partial charge in [0.15, 0.2) is 0 Å². The number of halogens is 1. The van der Waals surface area contributed by atoms with Gasteiger partial charge in [-0.25, -0.2) is 4.39 Å². The standard InChI is InChI=1S/C13H12FNO/c1-9-6-11(8-12(14)7-9)13(16)10-2-4-15-5-3-10/h2-8,13,16H,1H3. The summed E-state index contributed by atoms with van der Waals surface area (Å²) >= 11 is 0. The number of aliphatic hydroxyl groups excluding tert-OH is 1. The van der Waals surface area contributed by atoms with E-state index >= 15 is 0 Å². The second-order valence-corrected chi connectivity index (χ2v) is 3.74. The molecule has 0 amide bonds. The molecule has 0 fully saturated rings. The van der Waals surface area contributed by atoms with Gasteiger partial charge >= 0.3 is 0 Å².